The van der Waals surface area contributed by atoms with Crippen LogP contribution in [0.4, 0.5) is 0 Å². The molecule has 0 radical (unpaired) electrons. The fourth-order valence-electron chi connectivity index (χ4n) is 1.91. The molecule has 1 amide bonds. The summed E-state index contributed by atoms with van der Waals surface area (Å²) in [6.07, 6.45) is 0. The minimum Gasteiger partial charge on any atom is -0.374 e. The number of amides is 1. The van der Waals surface area contributed by atoms with Crippen LogP contribution in [-0.2, 0) is 16.1 Å². The lowest BCUT2D eigenvalue weighted by molar-refractivity contribution is -0.120. The van der Waals surface area contributed by atoms with Gasteiger partial charge in [-0.1, -0.05) is 23.8 Å². The molecule has 1 aliphatic heterocycles. The fraction of sp³-hybridized carbons (Fsp3) is 0.417. The van der Waals surface area contributed by atoms with E-state index in [-0.39, 0.29) is 11.9 Å². The number of hydrogen-bond donors (Lipinski definition) is 1. The number of benzene rings is 1. The molecule has 2 rings (SSSR count). The molecule has 0 saturated carbocycles. The highest BCUT2D eigenvalue weighted by molar-refractivity contribution is 5.73. The topological polar surface area (TPSA) is 38.3 Å². The quantitative estimate of drug-likeness (QED) is 0.757. The van der Waals surface area contributed by atoms with Gasteiger partial charge in [0, 0.05) is 6.92 Å². The third kappa shape index (κ3) is 2.18. The molecule has 1 aromatic carbocycles. The molecule has 1 atom stereocenters. The number of ether oxygens (including phenoxy) is 1. The molecule has 1 unspecified atom stereocenters. The summed E-state index contributed by atoms with van der Waals surface area (Å²) < 4.78 is 5.43. The largest absolute Gasteiger partial charge is 0.374 e. The monoisotopic (exact) mass is 205 g/mol. The lowest BCUT2D eigenvalue weighted by Crippen LogP contribution is -2.32. The van der Waals surface area contributed by atoms with Gasteiger partial charge in [0.1, 0.15) is 0 Å². The van der Waals surface area contributed by atoms with E-state index >= 15 is 0 Å². The molecule has 0 aliphatic carbocycles. The maximum atomic E-state index is 11.0. The van der Waals surface area contributed by atoms with Gasteiger partial charge in [-0.15, -0.1) is 0 Å². The number of nitrogens with one attached hydrogen (secondary N) is 1. The van der Waals surface area contributed by atoms with Crippen LogP contribution < -0.4 is 5.32 Å². The summed E-state index contributed by atoms with van der Waals surface area (Å²) in [5, 5.41) is 2.90. The van der Waals surface area contributed by atoms with Crippen molar-refractivity contribution in [3.63, 3.8) is 0 Å². The highest BCUT2D eigenvalue weighted by Crippen LogP contribution is 2.25. The molecule has 0 fully saturated rings. The van der Waals surface area contributed by atoms with E-state index in [1.807, 2.05) is 0 Å². The second-order valence-electron chi connectivity index (χ2n) is 3.97. The van der Waals surface area contributed by atoms with Crippen LogP contribution in [0.1, 0.15) is 29.7 Å². The van der Waals surface area contributed by atoms with E-state index in [1.165, 1.54) is 23.6 Å². The first-order valence-corrected chi connectivity index (χ1v) is 5.11. The van der Waals surface area contributed by atoms with Gasteiger partial charge in [0.05, 0.1) is 19.3 Å². The number of carbonyl (C=O) groups is 1. The first-order valence-electron chi connectivity index (χ1n) is 5.11. The minimum atomic E-state index is -0.0158. The Labute approximate surface area is 89.4 Å². The summed E-state index contributed by atoms with van der Waals surface area (Å²) >= 11 is 0. The summed E-state index contributed by atoms with van der Waals surface area (Å²) in [6, 6.07) is 6.27. The zero-order valence-corrected chi connectivity index (χ0v) is 9.04. The molecule has 1 heterocycles. The molecule has 1 aromatic rings. The molecular formula is C12H15NO2. The molecule has 1 N–H and O–H groups in total. The van der Waals surface area contributed by atoms with Crippen molar-refractivity contribution < 1.29 is 9.53 Å². The van der Waals surface area contributed by atoms with Crippen molar-refractivity contribution in [1.29, 1.82) is 0 Å². The number of aryl methyl sites for hydroxylation is 1. The SMILES string of the molecule is CC(=O)NC1COCc2ccc(C)cc21. The Morgan fingerprint density at radius 1 is 1.53 bits per heavy atom. The summed E-state index contributed by atoms with van der Waals surface area (Å²) in [4.78, 5) is 11.0. The smallest absolute Gasteiger partial charge is 0.217 e. The fourth-order valence-corrected chi connectivity index (χ4v) is 1.91. The van der Waals surface area contributed by atoms with Crippen molar-refractivity contribution in [2.75, 3.05) is 6.61 Å². The summed E-state index contributed by atoms with van der Waals surface area (Å²) in [6.45, 7) is 4.80. The van der Waals surface area contributed by atoms with Crippen molar-refractivity contribution in [3.05, 3.63) is 34.9 Å². The number of rotatable bonds is 1. The Kier molecular flexibility index (Phi) is 2.73. The van der Waals surface area contributed by atoms with Crippen LogP contribution in [0.5, 0.6) is 0 Å². The Morgan fingerprint density at radius 3 is 3.07 bits per heavy atom. The molecule has 0 bridgehead atoms. The van der Waals surface area contributed by atoms with E-state index < -0.39 is 0 Å². The van der Waals surface area contributed by atoms with Crippen LogP contribution in [0.3, 0.4) is 0 Å². The van der Waals surface area contributed by atoms with Crippen LogP contribution in [0, 0.1) is 6.92 Å². The van der Waals surface area contributed by atoms with Gasteiger partial charge in [0.25, 0.3) is 0 Å². The molecule has 3 heteroatoms. The van der Waals surface area contributed by atoms with Gasteiger partial charge < -0.3 is 10.1 Å². The van der Waals surface area contributed by atoms with Crippen LogP contribution in [0.25, 0.3) is 0 Å². The summed E-state index contributed by atoms with van der Waals surface area (Å²) in [7, 11) is 0. The van der Waals surface area contributed by atoms with Crippen LogP contribution in [0.2, 0.25) is 0 Å². The van der Waals surface area contributed by atoms with Crippen LogP contribution in [0.15, 0.2) is 18.2 Å². The van der Waals surface area contributed by atoms with Gasteiger partial charge >= 0.3 is 0 Å². The predicted octanol–water partition coefficient (Wildman–Crippen LogP) is 1.70. The van der Waals surface area contributed by atoms with Gasteiger partial charge in [-0.3, -0.25) is 4.79 Å². The molecule has 80 valence electrons. The van der Waals surface area contributed by atoms with E-state index in [2.05, 4.69) is 30.4 Å². The zero-order valence-electron chi connectivity index (χ0n) is 9.04. The zero-order chi connectivity index (χ0) is 10.8. The molecular weight excluding hydrogens is 190 g/mol. The molecule has 0 saturated heterocycles. The van der Waals surface area contributed by atoms with Crippen molar-refractivity contribution in [2.45, 2.75) is 26.5 Å². The standard InChI is InChI=1S/C12H15NO2/c1-8-3-4-10-6-15-7-12(11(10)5-8)13-9(2)14/h3-5,12H,6-7H2,1-2H3,(H,13,14). The lowest BCUT2D eigenvalue weighted by Gasteiger charge is -2.26. The third-order valence-corrected chi connectivity index (χ3v) is 2.60. The maximum Gasteiger partial charge on any atom is 0.217 e. The third-order valence-electron chi connectivity index (χ3n) is 2.60. The Hall–Kier alpha value is -1.35. The van der Waals surface area contributed by atoms with E-state index in [9.17, 15) is 4.79 Å². The normalized spacial score (nSPS) is 19.5. The second kappa shape index (κ2) is 4.03. The summed E-state index contributed by atoms with van der Waals surface area (Å²) in [5.41, 5.74) is 3.58. The molecule has 0 spiro atoms. The van der Waals surface area contributed by atoms with Gasteiger partial charge in [-0.05, 0) is 18.1 Å². The van der Waals surface area contributed by atoms with Crippen molar-refractivity contribution >= 4 is 5.91 Å². The van der Waals surface area contributed by atoms with Gasteiger partial charge in [-0.25, -0.2) is 0 Å². The van der Waals surface area contributed by atoms with E-state index in [1.54, 1.807) is 0 Å². The maximum absolute atomic E-state index is 11.0. The number of fused-ring (bicyclic) bond motifs is 1. The number of carbonyl (C=O) groups excluding carboxylic acids is 1. The van der Waals surface area contributed by atoms with Gasteiger partial charge in [0.15, 0.2) is 0 Å². The van der Waals surface area contributed by atoms with E-state index in [0.717, 1.165) is 0 Å². The first-order chi connectivity index (χ1) is 7.16. The molecule has 0 aromatic heterocycles. The predicted molar refractivity (Wildman–Crippen MR) is 57.4 cm³/mol. The van der Waals surface area contributed by atoms with Crippen molar-refractivity contribution in [3.8, 4) is 0 Å². The van der Waals surface area contributed by atoms with Crippen LogP contribution in [-0.4, -0.2) is 12.5 Å². The average Bonchev–Trinajstić information content (AvgIpc) is 2.18. The number of hydrogen-bond acceptors (Lipinski definition) is 2. The van der Waals surface area contributed by atoms with Crippen molar-refractivity contribution in [2.24, 2.45) is 0 Å². The highest BCUT2D eigenvalue weighted by atomic mass is 16.5. The lowest BCUT2D eigenvalue weighted by atomic mass is 9.97. The van der Waals surface area contributed by atoms with Gasteiger partial charge in [-0.2, -0.15) is 0 Å². The first kappa shape index (κ1) is 10.2. The highest BCUT2D eigenvalue weighted by Gasteiger charge is 2.21. The van der Waals surface area contributed by atoms with Crippen molar-refractivity contribution in [1.82, 2.24) is 5.32 Å². The average molecular weight is 205 g/mol. The molecule has 1 aliphatic rings. The summed E-state index contributed by atoms with van der Waals surface area (Å²) in [5.74, 6) is -0.0158. The Balaban J connectivity index is 2.32. The second-order valence-corrected chi connectivity index (χ2v) is 3.97. The van der Waals surface area contributed by atoms with Gasteiger partial charge in [0.2, 0.25) is 5.91 Å². The molecule has 15 heavy (non-hydrogen) atoms. The Bertz CT molecular complexity index is 387. The van der Waals surface area contributed by atoms with E-state index in [0.29, 0.717) is 13.2 Å². The van der Waals surface area contributed by atoms with E-state index in [4.69, 9.17) is 4.74 Å². The van der Waals surface area contributed by atoms with Crippen LogP contribution >= 0.6 is 0 Å². The minimum absolute atomic E-state index is 0.00569. The Morgan fingerprint density at radius 2 is 2.33 bits per heavy atom. The molecule has 3 nitrogen and oxygen atoms in total.